The predicted molar refractivity (Wildman–Crippen MR) is 136 cm³/mol. The Hall–Kier alpha value is -1.87. The number of esters is 1. The summed E-state index contributed by atoms with van der Waals surface area (Å²) in [6.45, 7) is 12.6. The smallest absolute Gasteiger partial charge is 0.309 e. The SMILES string of the molecule is C/C(=C\c1csc(C)n1)[C@@H]1C[C@@H]2O[C@]2(C)C/C=C/[C@H](C)C(O)[C@@H](C)C(=O)C(C)(C)[C@@H](O)CC(=O)O1. The molecule has 35 heavy (non-hydrogen) atoms. The van der Waals surface area contributed by atoms with Gasteiger partial charge in [0.2, 0.25) is 0 Å². The third kappa shape index (κ3) is 6.47. The molecule has 1 aromatic heterocycles. The maximum absolute atomic E-state index is 13.2. The van der Waals surface area contributed by atoms with Gasteiger partial charge in [-0.2, -0.15) is 0 Å². The fourth-order valence-electron chi connectivity index (χ4n) is 4.67. The van der Waals surface area contributed by atoms with Crippen molar-refractivity contribution in [3.63, 3.8) is 0 Å². The van der Waals surface area contributed by atoms with Crippen molar-refractivity contribution in [3.05, 3.63) is 33.8 Å². The number of ketones is 1. The molecule has 7 atom stereocenters. The van der Waals surface area contributed by atoms with Gasteiger partial charge in [0, 0.05) is 23.6 Å². The van der Waals surface area contributed by atoms with Gasteiger partial charge in [0.25, 0.3) is 0 Å². The molecule has 1 fully saturated rings. The first kappa shape index (κ1) is 27.7. The highest BCUT2D eigenvalue weighted by molar-refractivity contribution is 7.09. The van der Waals surface area contributed by atoms with E-state index < -0.39 is 35.6 Å². The first-order valence-corrected chi connectivity index (χ1v) is 13.2. The second-order valence-corrected chi connectivity index (χ2v) is 12.0. The number of thiazole rings is 1. The second kappa shape index (κ2) is 10.6. The van der Waals surface area contributed by atoms with Crippen LogP contribution in [0.1, 0.15) is 71.5 Å². The molecule has 8 heteroatoms. The number of cyclic esters (lactones) is 1. The third-order valence-electron chi connectivity index (χ3n) is 7.51. The van der Waals surface area contributed by atoms with Crippen LogP contribution >= 0.6 is 11.3 Å². The Labute approximate surface area is 212 Å². The van der Waals surface area contributed by atoms with E-state index >= 15 is 0 Å². The van der Waals surface area contributed by atoms with E-state index in [2.05, 4.69) is 4.98 Å². The van der Waals surface area contributed by atoms with Gasteiger partial charge in [0.15, 0.2) is 0 Å². The number of epoxide rings is 1. The van der Waals surface area contributed by atoms with Gasteiger partial charge in [0.05, 0.1) is 46.5 Å². The minimum Gasteiger partial charge on any atom is -0.458 e. The fraction of sp³-hybridized carbons (Fsp3) is 0.667. The molecule has 1 aromatic rings. The Morgan fingerprint density at radius 3 is 2.54 bits per heavy atom. The zero-order chi connectivity index (χ0) is 26.1. The van der Waals surface area contributed by atoms with Crippen LogP contribution in [0, 0.1) is 24.2 Å². The summed E-state index contributed by atoms with van der Waals surface area (Å²) in [4.78, 5) is 30.6. The lowest BCUT2D eigenvalue weighted by atomic mass is 9.73. The van der Waals surface area contributed by atoms with E-state index in [-0.39, 0.29) is 29.8 Å². The molecule has 1 unspecified atom stereocenters. The minimum absolute atomic E-state index is 0.0968. The van der Waals surface area contributed by atoms with Crippen LogP contribution in [0.3, 0.4) is 0 Å². The molecule has 0 aromatic carbocycles. The number of aliphatic hydroxyl groups is 2. The predicted octanol–water partition coefficient (Wildman–Crippen LogP) is 4.25. The van der Waals surface area contributed by atoms with Gasteiger partial charge >= 0.3 is 5.97 Å². The van der Waals surface area contributed by atoms with Crippen LogP contribution in [0.15, 0.2) is 23.1 Å². The number of carbonyl (C=O) groups excluding carboxylic acids is 2. The number of fused-ring (bicyclic) bond motifs is 1. The molecule has 0 amide bonds. The standard InChI is InChI=1S/C27H39NO6S/c1-15-9-8-10-27(7)22(34-27)12-20(16(2)11-19-14-35-18(4)28-19)33-23(30)13-21(29)26(5,6)25(32)17(3)24(15)31/h8-9,11,14-15,17,20-22,24,29,31H,10,12-13H2,1-7H3/b9-8+,16-11+/t15-,17+,20-,21-,22-,24?,27+/m0/s1. The number of aromatic nitrogens is 1. The van der Waals surface area contributed by atoms with Gasteiger partial charge in [-0.1, -0.05) is 39.8 Å². The Bertz CT molecular complexity index is 998. The number of hydrogen-bond acceptors (Lipinski definition) is 8. The number of carbonyl (C=O) groups is 2. The summed E-state index contributed by atoms with van der Waals surface area (Å²) < 4.78 is 11.9. The highest BCUT2D eigenvalue weighted by Crippen LogP contribution is 2.44. The fourth-order valence-corrected chi connectivity index (χ4v) is 5.24. The Balaban J connectivity index is 1.89. The maximum Gasteiger partial charge on any atom is 0.309 e. The van der Waals surface area contributed by atoms with Crippen molar-refractivity contribution in [1.82, 2.24) is 4.98 Å². The highest BCUT2D eigenvalue weighted by Gasteiger charge is 2.52. The van der Waals surface area contributed by atoms with Crippen molar-refractivity contribution in [2.75, 3.05) is 0 Å². The van der Waals surface area contributed by atoms with Gasteiger partial charge in [0.1, 0.15) is 11.9 Å². The average molecular weight is 506 g/mol. The quantitative estimate of drug-likeness (QED) is 0.351. The van der Waals surface area contributed by atoms with E-state index in [0.29, 0.717) is 12.8 Å². The van der Waals surface area contributed by atoms with E-state index in [1.807, 2.05) is 51.3 Å². The molecule has 2 N–H and O–H groups in total. The molecule has 2 aliphatic rings. The zero-order valence-electron chi connectivity index (χ0n) is 21.8. The largest absolute Gasteiger partial charge is 0.458 e. The summed E-state index contributed by atoms with van der Waals surface area (Å²) in [7, 11) is 0. The number of ether oxygens (including phenoxy) is 2. The number of rotatable bonds is 2. The number of nitrogens with zero attached hydrogens (tertiary/aromatic N) is 1. The second-order valence-electron chi connectivity index (χ2n) is 10.9. The molecular formula is C27H39NO6S. The molecule has 0 saturated carbocycles. The number of aryl methyl sites for hydroxylation is 1. The summed E-state index contributed by atoms with van der Waals surface area (Å²) in [5.74, 6) is -1.83. The van der Waals surface area contributed by atoms with E-state index in [9.17, 15) is 19.8 Å². The van der Waals surface area contributed by atoms with Crippen molar-refractivity contribution in [3.8, 4) is 0 Å². The number of Topliss-reactive ketones (excluding diaryl/α,β-unsaturated/α-hetero) is 1. The van der Waals surface area contributed by atoms with E-state index in [0.717, 1.165) is 16.3 Å². The Morgan fingerprint density at radius 1 is 1.23 bits per heavy atom. The van der Waals surface area contributed by atoms with Crippen LogP contribution < -0.4 is 0 Å². The van der Waals surface area contributed by atoms with Crippen LogP contribution in [0.4, 0.5) is 0 Å². The molecule has 7 nitrogen and oxygen atoms in total. The lowest BCUT2D eigenvalue weighted by molar-refractivity contribution is -0.154. The molecule has 0 radical (unpaired) electrons. The molecule has 194 valence electrons. The molecule has 0 bridgehead atoms. The highest BCUT2D eigenvalue weighted by atomic mass is 32.1. The van der Waals surface area contributed by atoms with Crippen molar-refractivity contribution >= 4 is 29.2 Å². The average Bonchev–Trinajstić information content (AvgIpc) is 3.22. The molecule has 3 heterocycles. The Morgan fingerprint density at radius 2 is 1.91 bits per heavy atom. The molecule has 0 spiro atoms. The molecule has 1 saturated heterocycles. The van der Waals surface area contributed by atoms with Gasteiger partial charge in [-0.05, 0) is 38.8 Å². The summed E-state index contributed by atoms with van der Waals surface area (Å²) in [6, 6.07) is 0. The van der Waals surface area contributed by atoms with Crippen LogP contribution in [-0.2, 0) is 19.1 Å². The molecule has 0 aliphatic carbocycles. The first-order chi connectivity index (χ1) is 16.2. The zero-order valence-corrected chi connectivity index (χ0v) is 22.6. The summed E-state index contributed by atoms with van der Waals surface area (Å²) in [5.41, 5.74) is 0.0391. The van der Waals surface area contributed by atoms with Crippen molar-refractivity contribution < 1.29 is 29.3 Å². The van der Waals surface area contributed by atoms with Crippen molar-refractivity contribution in [1.29, 1.82) is 0 Å². The van der Waals surface area contributed by atoms with Gasteiger partial charge < -0.3 is 19.7 Å². The lowest BCUT2D eigenvalue weighted by Gasteiger charge is -2.34. The van der Waals surface area contributed by atoms with E-state index in [1.54, 1.807) is 32.1 Å². The maximum atomic E-state index is 13.2. The summed E-state index contributed by atoms with van der Waals surface area (Å²) >= 11 is 1.55. The molecular weight excluding hydrogens is 466 g/mol. The van der Waals surface area contributed by atoms with E-state index in [4.69, 9.17) is 9.47 Å². The topological polar surface area (TPSA) is 109 Å². The first-order valence-electron chi connectivity index (χ1n) is 12.3. The monoisotopic (exact) mass is 505 g/mol. The normalized spacial score (nSPS) is 37.9. The van der Waals surface area contributed by atoms with Crippen LogP contribution in [0.5, 0.6) is 0 Å². The van der Waals surface area contributed by atoms with Crippen LogP contribution in [0.2, 0.25) is 0 Å². The Kier molecular flexibility index (Phi) is 8.41. The van der Waals surface area contributed by atoms with Gasteiger partial charge in [-0.15, -0.1) is 11.3 Å². The minimum atomic E-state index is -1.25. The number of hydrogen-bond donors (Lipinski definition) is 2. The van der Waals surface area contributed by atoms with E-state index in [1.165, 1.54) is 0 Å². The molecule has 2 aliphatic heterocycles. The van der Waals surface area contributed by atoms with Crippen LogP contribution in [-0.4, -0.2) is 57.0 Å². The number of aliphatic hydroxyl groups excluding tert-OH is 2. The third-order valence-corrected chi connectivity index (χ3v) is 8.30. The van der Waals surface area contributed by atoms with Crippen LogP contribution in [0.25, 0.3) is 6.08 Å². The summed E-state index contributed by atoms with van der Waals surface area (Å²) in [6.07, 6.45) is 3.84. The molecule has 3 rings (SSSR count). The lowest BCUT2D eigenvalue weighted by Crippen LogP contribution is -2.45. The van der Waals surface area contributed by atoms with Gasteiger partial charge in [-0.25, -0.2) is 4.98 Å². The van der Waals surface area contributed by atoms with Crippen molar-refractivity contribution in [2.24, 2.45) is 17.3 Å². The summed E-state index contributed by atoms with van der Waals surface area (Å²) in [5, 5.41) is 24.5. The van der Waals surface area contributed by atoms with Crippen molar-refractivity contribution in [2.45, 2.75) is 97.7 Å². The van der Waals surface area contributed by atoms with Gasteiger partial charge in [-0.3, -0.25) is 9.59 Å².